The SMILES string of the molecule is CN(CCCNC1CC1)S(=O)(=O)N(C)C1CCCC1. The number of nitrogens with one attached hydrogen (secondary N) is 1. The van der Waals surface area contributed by atoms with Crippen molar-refractivity contribution in [3.05, 3.63) is 0 Å². The van der Waals surface area contributed by atoms with E-state index in [1.807, 2.05) is 0 Å². The fraction of sp³-hybridized carbons (Fsp3) is 1.00. The summed E-state index contributed by atoms with van der Waals surface area (Å²) in [5.41, 5.74) is 0. The molecule has 0 unspecified atom stereocenters. The average Bonchev–Trinajstić information content (AvgIpc) is 3.04. The average molecular weight is 289 g/mol. The Balaban J connectivity index is 1.75. The minimum absolute atomic E-state index is 0.206. The van der Waals surface area contributed by atoms with Crippen molar-refractivity contribution in [1.82, 2.24) is 13.9 Å². The topological polar surface area (TPSA) is 52.7 Å². The lowest BCUT2D eigenvalue weighted by Gasteiger charge is -2.28. The molecule has 0 aromatic heterocycles. The minimum Gasteiger partial charge on any atom is -0.314 e. The van der Waals surface area contributed by atoms with Gasteiger partial charge < -0.3 is 5.32 Å². The van der Waals surface area contributed by atoms with Crippen molar-refractivity contribution in [3.63, 3.8) is 0 Å². The minimum atomic E-state index is -3.27. The van der Waals surface area contributed by atoms with Gasteiger partial charge in [0.25, 0.3) is 10.2 Å². The summed E-state index contributed by atoms with van der Waals surface area (Å²) in [6.45, 7) is 1.51. The Bertz CT molecular complexity index is 375. The molecule has 0 saturated heterocycles. The third-order valence-electron chi connectivity index (χ3n) is 4.26. The lowest BCUT2D eigenvalue weighted by atomic mass is 10.3. The van der Waals surface area contributed by atoms with E-state index in [1.165, 1.54) is 17.1 Å². The predicted molar refractivity (Wildman–Crippen MR) is 77.2 cm³/mol. The molecule has 0 atom stereocenters. The van der Waals surface area contributed by atoms with Gasteiger partial charge in [0, 0.05) is 32.7 Å². The summed E-state index contributed by atoms with van der Waals surface area (Å²) in [6, 6.07) is 0.903. The van der Waals surface area contributed by atoms with Crippen LogP contribution in [0.15, 0.2) is 0 Å². The van der Waals surface area contributed by atoms with Crippen LogP contribution in [0.25, 0.3) is 0 Å². The zero-order valence-corrected chi connectivity index (χ0v) is 13.0. The Labute approximate surface area is 117 Å². The van der Waals surface area contributed by atoms with Gasteiger partial charge in [-0.25, -0.2) is 0 Å². The maximum atomic E-state index is 12.4. The first-order valence-corrected chi connectivity index (χ1v) is 8.84. The molecule has 112 valence electrons. The highest BCUT2D eigenvalue weighted by Crippen LogP contribution is 2.25. The summed E-state index contributed by atoms with van der Waals surface area (Å²) in [6.07, 6.45) is 7.75. The maximum Gasteiger partial charge on any atom is 0.281 e. The molecule has 5 nitrogen and oxygen atoms in total. The van der Waals surface area contributed by atoms with E-state index in [4.69, 9.17) is 0 Å². The molecule has 0 bridgehead atoms. The second-order valence-electron chi connectivity index (χ2n) is 5.87. The van der Waals surface area contributed by atoms with Gasteiger partial charge in [-0.2, -0.15) is 17.0 Å². The van der Waals surface area contributed by atoms with Crippen LogP contribution >= 0.6 is 0 Å². The number of hydrogen-bond donors (Lipinski definition) is 1. The van der Waals surface area contributed by atoms with Crippen molar-refractivity contribution < 1.29 is 8.42 Å². The molecule has 2 fully saturated rings. The second-order valence-corrected chi connectivity index (χ2v) is 7.96. The van der Waals surface area contributed by atoms with Crippen molar-refractivity contribution in [2.45, 2.75) is 57.0 Å². The highest BCUT2D eigenvalue weighted by molar-refractivity contribution is 7.86. The summed E-state index contributed by atoms with van der Waals surface area (Å²) in [4.78, 5) is 0. The molecular weight excluding hydrogens is 262 g/mol. The monoisotopic (exact) mass is 289 g/mol. The van der Waals surface area contributed by atoms with Crippen LogP contribution in [0, 0.1) is 0 Å². The van der Waals surface area contributed by atoms with Crippen LogP contribution in [0.4, 0.5) is 0 Å². The van der Waals surface area contributed by atoms with Crippen LogP contribution in [-0.2, 0) is 10.2 Å². The smallest absolute Gasteiger partial charge is 0.281 e. The van der Waals surface area contributed by atoms with Crippen LogP contribution < -0.4 is 5.32 Å². The Kier molecular flexibility index (Phi) is 5.22. The summed E-state index contributed by atoms with van der Waals surface area (Å²) < 4.78 is 27.9. The molecule has 0 aliphatic heterocycles. The molecule has 1 N–H and O–H groups in total. The summed E-state index contributed by atoms with van der Waals surface area (Å²) in [5.74, 6) is 0. The first-order chi connectivity index (χ1) is 9.01. The van der Waals surface area contributed by atoms with Gasteiger partial charge in [0.05, 0.1) is 0 Å². The van der Waals surface area contributed by atoms with Crippen molar-refractivity contribution in [2.24, 2.45) is 0 Å². The van der Waals surface area contributed by atoms with E-state index in [0.717, 1.165) is 38.6 Å². The van der Waals surface area contributed by atoms with Gasteiger partial charge in [-0.3, -0.25) is 0 Å². The zero-order valence-electron chi connectivity index (χ0n) is 12.1. The molecule has 0 radical (unpaired) electrons. The molecule has 0 amide bonds. The third kappa shape index (κ3) is 4.15. The Hall–Kier alpha value is -0.170. The van der Waals surface area contributed by atoms with E-state index >= 15 is 0 Å². The normalized spacial score (nSPS) is 21.7. The van der Waals surface area contributed by atoms with Gasteiger partial charge in [0.1, 0.15) is 0 Å². The predicted octanol–water partition coefficient (Wildman–Crippen LogP) is 1.18. The third-order valence-corrected chi connectivity index (χ3v) is 6.25. The molecule has 0 aromatic rings. The standard InChI is InChI=1S/C13H27N3O2S/c1-15(11-5-10-14-12-8-9-12)19(17,18)16(2)13-6-3-4-7-13/h12-14H,3-11H2,1-2H3. The van der Waals surface area contributed by atoms with E-state index in [9.17, 15) is 8.42 Å². The molecule has 2 aliphatic rings. The highest BCUT2D eigenvalue weighted by Gasteiger charge is 2.31. The number of hydrogen-bond acceptors (Lipinski definition) is 3. The second kappa shape index (κ2) is 6.52. The van der Waals surface area contributed by atoms with E-state index in [2.05, 4.69) is 5.32 Å². The summed E-state index contributed by atoms with van der Waals surface area (Å²) >= 11 is 0. The van der Waals surface area contributed by atoms with Crippen LogP contribution in [0.3, 0.4) is 0 Å². The molecule has 0 heterocycles. The zero-order chi connectivity index (χ0) is 13.9. The van der Waals surface area contributed by atoms with Crippen LogP contribution in [0.1, 0.15) is 44.9 Å². The lowest BCUT2D eigenvalue weighted by molar-refractivity contribution is 0.331. The van der Waals surface area contributed by atoms with Crippen molar-refractivity contribution in [1.29, 1.82) is 0 Å². The van der Waals surface area contributed by atoms with Crippen molar-refractivity contribution in [3.8, 4) is 0 Å². The van der Waals surface area contributed by atoms with Gasteiger partial charge in [0.2, 0.25) is 0 Å². The van der Waals surface area contributed by atoms with Gasteiger partial charge >= 0.3 is 0 Å². The maximum absolute atomic E-state index is 12.4. The quantitative estimate of drug-likeness (QED) is 0.683. The Morgan fingerprint density at radius 3 is 2.32 bits per heavy atom. The van der Waals surface area contributed by atoms with Gasteiger partial charge in [0.15, 0.2) is 0 Å². The first-order valence-electron chi connectivity index (χ1n) is 7.44. The number of rotatable bonds is 8. The molecule has 2 saturated carbocycles. The van der Waals surface area contributed by atoms with Crippen molar-refractivity contribution >= 4 is 10.2 Å². The largest absolute Gasteiger partial charge is 0.314 e. The van der Waals surface area contributed by atoms with Crippen LogP contribution in [0.2, 0.25) is 0 Å². The first kappa shape index (κ1) is 15.2. The molecular formula is C13H27N3O2S. The molecule has 2 rings (SSSR count). The van der Waals surface area contributed by atoms with E-state index in [-0.39, 0.29) is 6.04 Å². The molecule has 6 heteroatoms. The Morgan fingerprint density at radius 1 is 1.11 bits per heavy atom. The van der Waals surface area contributed by atoms with Crippen molar-refractivity contribution in [2.75, 3.05) is 27.2 Å². The van der Waals surface area contributed by atoms with Gasteiger partial charge in [-0.1, -0.05) is 12.8 Å². The number of nitrogens with zero attached hydrogens (tertiary/aromatic N) is 2. The molecule has 0 spiro atoms. The fourth-order valence-corrected chi connectivity index (χ4v) is 4.07. The van der Waals surface area contributed by atoms with E-state index in [1.54, 1.807) is 18.4 Å². The fourth-order valence-electron chi connectivity index (χ4n) is 2.69. The van der Waals surface area contributed by atoms with Gasteiger partial charge in [-0.15, -0.1) is 0 Å². The molecule has 19 heavy (non-hydrogen) atoms. The van der Waals surface area contributed by atoms with E-state index in [0.29, 0.717) is 12.6 Å². The lowest BCUT2D eigenvalue weighted by Crippen LogP contribution is -2.44. The molecule has 0 aromatic carbocycles. The van der Waals surface area contributed by atoms with Gasteiger partial charge in [-0.05, 0) is 38.6 Å². The summed E-state index contributed by atoms with van der Waals surface area (Å²) in [7, 11) is 0.150. The van der Waals surface area contributed by atoms with Crippen LogP contribution in [0.5, 0.6) is 0 Å². The highest BCUT2D eigenvalue weighted by atomic mass is 32.2. The summed E-state index contributed by atoms with van der Waals surface area (Å²) in [5, 5.41) is 3.41. The van der Waals surface area contributed by atoms with Crippen LogP contribution in [-0.4, -0.2) is 56.3 Å². The van der Waals surface area contributed by atoms with E-state index < -0.39 is 10.2 Å². The Morgan fingerprint density at radius 2 is 1.74 bits per heavy atom. The molecule has 2 aliphatic carbocycles.